The van der Waals surface area contributed by atoms with Crippen molar-refractivity contribution in [2.45, 2.75) is 44.7 Å². The van der Waals surface area contributed by atoms with Gasteiger partial charge < -0.3 is 16.2 Å². The molecule has 0 bridgehead atoms. The van der Waals surface area contributed by atoms with Crippen LogP contribution in [0.5, 0.6) is 5.75 Å². The minimum atomic E-state index is -0.429. The summed E-state index contributed by atoms with van der Waals surface area (Å²) in [6.45, 7) is 2.57. The van der Waals surface area contributed by atoms with Gasteiger partial charge in [0.2, 0.25) is 11.9 Å². The Hall–Kier alpha value is -2.24. The molecule has 3 rings (SSSR count). The molecule has 4 N–H and O–H groups in total. The summed E-state index contributed by atoms with van der Waals surface area (Å²) in [7, 11) is 0. The number of anilines is 1. The molecule has 0 radical (unpaired) electrons. The van der Waals surface area contributed by atoms with E-state index >= 15 is 0 Å². The third kappa shape index (κ3) is 2.49. The first-order valence-corrected chi connectivity index (χ1v) is 7.88. The van der Waals surface area contributed by atoms with E-state index in [2.05, 4.69) is 9.98 Å². The Kier molecular flexibility index (Phi) is 3.92. The molecule has 22 heavy (non-hydrogen) atoms. The van der Waals surface area contributed by atoms with Gasteiger partial charge in [0.15, 0.2) is 0 Å². The third-order valence-corrected chi connectivity index (χ3v) is 4.26. The number of nitrogens with zero attached hydrogens (tertiary/aromatic N) is 3. The minimum absolute atomic E-state index is 0.268. The predicted octanol–water partition coefficient (Wildman–Crippen LogP) is 2.20. The molecule has 0 unspecified atom stereocenters. The summed E-state index contributed by atoms with van der Waals surface area (Å²) >= 11 is 0. The number of hydrogen-bond acceptors (Lipinski definition) is 6. The Morgan fingerprint density at radius 2 is 1.91 bits per heavy atom. The standard InChI is InChI=1S/C16H23N5O/c1-2-22-13-9-5-4-8-12(13)21-15(18)19-14(17)20-16(21)10-6-3-7-11-16/h4-5,8-9H,2-3,6-7,10-11H2,1H3,(H4,17,18,19,20). The number of nitrogens with two attached hydrogens (primary N) is 2. The lowest BCUT2D eigenvalue weighted by Gasteiger charge is -2.45. The highest BCUT2D eigenvalue weighted by atomic mass is 16.5. The molecule has 0 aromatic heterocycles. The number of guanidine groups is 2. The molecule has 1 aliphatic heterocycles. The summed E-state index contributed by atoms with van der Waals surface area (Å²) in [5, 5.41) is 0. The molecule has 1 spiro atoms. The van der Waals surface area contributed by atoms with E-state index in [4.69, 9.17) is 16.2 Å². The fourth-order valence-electron chi connectivity index (χ4n) is 3.39. The van der Waals surface area contributed by atoms with Crippen molar-refractivity contribution in [3.63, 3.8) is 0 Å². The summed E-state index contributed by atoms with van der Waals surface area (Å²) in [6.07, 6.45) is 5.28. The van der Waals surface area contributed by atoms with Crippen molar-refractivity contribution in [3.8, 4) is 5.75 Å². The first-order valence-electron chi connectivity index (χ1n) is 7.88. The predicted molar refractivity (Wildman–Crippen MR) is 89.2 cm³/mol. The average Bonchev–Trinajstić information content (AvgIpc) is 2.49. The number of benzene rings is 1. The molecular weight excluding hydrogens is 278 g/mol. The van der Waals surface area contributed by atoms with Crippen LogP contribution in [0.4, 0.5) is 5.69 Å². The van der Waals surface area contributed by atoms with Crippen molar-refractivity contribution < 1.29 is 4.74 Å². The lowest BCUT2D eigenvalue weighted by molar-refractivity contribution is 0.299. The zero-order valence-electron chi connectivity index (χ0n) is 13.0. The second kappa shape index (κ2) is 5.87. The molecule has 1 aromatic rings. The molecule has 118 valence electrons. The topological polar surface area (TPSA) is 89.2 Å². The smallest absolute Gasteiger partial charge is 0.220 e. The molecule has 1 saturated carbocycles. The van der Waals surface area contributed by atoms with Crippen molar-refractivity contribution in [1.29, 1.82) is 0 Å². The summed E-state index contributed by atoms with van der Waals surface area (Å²) < 4.78 is 5.77. The number of hydrogen-bond donors (Lipinski definition) is 2. The molecule has 6 nitrogen and oxygen atoms in total. The zero-order valence-corrected chi connectivity index (χ0v) is 13.0. The van der Waals surface area contributed by atoms with Crippen LogP contribution in [0.15, 0.2) is 34.3 Å². The van der Waals surface area contributed by atoms with E-state index in [1.165, 1.54) is 6.42 Å². The lowest BCUT2D eigenvalue weighted by atomic mass is 9.87. The van der Waals surface area contributed by atoms with Gasteiger partial charge in [-0.05, 0) is 44.7 Å². The highest BCUT2D eigenvalue weighted by molar-refractivity contribution is 6.06. The van der Waals surface area contributed by atoms with E-state index in [1.807, 2.05) is 36.1 Å². The zero-order chi connectivity index (χ0) is 15.6. The maximum absolute atomic E-state index is 6.23. The highest BCUT2D eigenvalue weighted by Gasteiger charge is 2.43. The molecule has 0 saturated heterocycles. The molecule has 1 fully saturated rings. The van der Waals surface area contributed by atoms with Crippen LogP contribution in [0.2, 0.25) is 0 Å². The van der Waals surface area contributed by atoms with Gasteiger partial charge in [-0.25, -0.2) is 4.99 Å². The Morgan fingerprint density at radius 1 is 1.18 bits per heavy atom. The van der Waals surface area contributed by atoms with Crippen molar-refractivity contribution in [1.82, 2.24) is 0 Å². The van der Waals surface area contributed by atoms with Crippen LogP contribution >= 0.6 is 0 Å². The molecule has 0 amide bonds. The first-order chi connectivity index (χ1) is 10.7. The summed E-state index contributed by atoms with van der Waals surface area (Å²) in [5.41, 5.74) is 12.6. The maximum Gasteiger partial charge on any atom is 0.220 e. The number of rotatable bonds is 3. The second-order valence-electron chi connectivity index (χ2n) is 5.72. The Morgan fingerprint density at radius 3 is 2.64 bits per heavy atom. The molecule has 0 atom stereocenters. The minimum Gasteiger partial charge on any atom is -0.492 e. The van der Waals surface area contributed by atoms with Gasteiger partial charge in [-0.15, -0.1) is 0 Å². The molecule has 6 heteroatoms. The van der Waals surface area contributed by atoms with E-state index in [0.717, 1.165) is 37.1 Å². The number of ether oxygens (including phenoxy) is 1. The highest BCUT2D eigenvalue weighted by Crippen LogP contribution is 2.42. The van der Waals surface area contributed by atoms with Gasteiger partial charge in [-0.2, -0.15) is 4.99 Å². The van der Waals surface area contributed by atoms with Crippen molar-refractivity contribution in [2.24, 2.45) is 21.5 Å². The van der Waals surface area contributed by atoms with E-state index < -0.39 is 5.66 Å². The second-order valence-corrected chi connectivity index (χ2v) is 5.72. The molecule has 1 aliphatic carbocycles. The largest absolute Gasteiger partial charge is 0.492 e. The fourth-order valence-corrected chi connectivity index (χ4v) is 3.39. The van der Waals surface area contributed by atoms with Gasteiger partial charge in [0.25, 0.3) is 0 Å². The summed E-state index contributed by atoms with van der Waals surface area (Å²) in [6, 6.07) is 7.88. The van der Waals surface area contributed by atoms with Crippen LogP contribution < -0.4 is 21.1 Å². The van der Waals surface area contributed by atoms with Gasteiger partial charge in [0.05, 0.1) is 12.3 Å². The fraction of sp³-hybridized carbons (Fsp3) is 0.500. The van der Waals surface area contributed by atoms with Gasteiger partial charge in [-0.3, -0.25) is 4.90 Å². The van der Waals surface area contributed by atoms with Crippen LogP contribution in [0.1, 0.15) is 39.0 Å². The van der Waals surface area contributed by atoms with Gasteiger partial charge in [0, 0.05) is 0 Å². The van der Waals surface area contributed by atoms with E-state index in [-0.39, 0.29) is 5.96 Å². The summed E-state index contributed by atoms with van der Waals surface area (Å²) in [4.78, 5) is 10.9. The maximum atomic E-state index is 6.23. The Labute approximate surface area is 130 Å². The average molecular weight is 301 g/mol. The van der Waals surface area contributed by atoms with Crippen LogP contribution in [0.3, 0.4) is 0 Å². The first kappa shape index (κ1) is 14.7. The van der Waals surface area contributed by atoms with Crippen LogP contribution in [0.25, 0.3) is 0 Å². The van der Waals surface area contributed by atoms with Crippen molar-refractivity contribution in [3.05, 3.63) is 24.3 Å². The normalized spacial score (nSPS) is 20.5. The van der Waals surface area contributed by atoms with Crippen molar-refractivity contribution in [2.75, 3.05) is 11.5 Å². The SMILES string of the molecule is CCOc1ccccc1N1C(N)=NC(N)=NC12CCCCC2. The van der Waals surface area contributed by atoms with Gasteiger partial charge in [-0.1, -0.05) is 18.6 Å². The van der Waals surface area contributed by atoms with Gasteiger partial charge in [0.1, 0.15) is 11.4 Å². The Bertz CT molecular complexity index is 604. The monoisotopic (exact) mass is 301 g/mol. The third-order valence-electron chi connectivity index (χ3n) is 4.26. The van der Waals surface area contributed by atoms with Crippen molar-refractivity contribution >= 4 is 17.6 Å². The molecular formula is C16H23N5O. The van der Waals surface area contributed by atoms with E-state index in [9.17, 15) is 0 Å². The number of para-hydroxylation sites is 2. The Balaban J connectivity index is 2.08. The quantitative estimate of drug-likeness (QED) is 0.895. The molecule has 2 aliphatic rings. The van der Waals surface area contributed by atoms with Gasteiger partial charge >= 0.3 is 0 Å². The molecule has 1 aromatic carbocycles. The van der Waals surface area contributed by atoms with E-state index in [1.54, 1.807) is 0 Å². The van der Waals surface area contributed by atoms with Crippen LogP contribution in [-0.4, -0.2) is 24.2 Å². The van der Waals surface area contributed by atoms with Crippen LogP contribution in [0, 0.1) is 0 Å². The molecule has 1 heterocycles. The van der Waals surface area contributed by atoms with Crippen LogP contribution in [-0.2, 0) is 0 Å². The van der Waals surface area contributed by atoms with E-state index in [0.29, 0.717) is 12.6 Å². The number of aliphatic imine (C=N–C) groups is 2. The summed E-state index contributed by atoms with van der Waals surface area (Å²) in [5.74, 6) is 1.45. The lowest BCUT2D eigenvalue weighted by Crippen LogP contribution is -2.58.